The topological polar surface area (TPSA) is 60.5 Å². The predicted molar refractivity (Wildman–Crippen MR) is 93.1 cm³/mol. The summed E-state index contributed by atoms with van der Waals surface area (Å²) in [4.78, 5) is 15.8. The van der Waals surface area contributed by atoms with E-state index in [9.17, 15) is 4.79 Å². The van der Waals surface area contributed by atoms with Crippen LogP contribution in [0.4, 0.5) is 5.82 Å². The number of ether oxygens (including phenoxy) is 2. The number of esters is 1. The molecular weight excluding hydrogens is 304 g/mol. The Morgan fingerprint density at radius 3 is 3.08 bits per heavy atom. The fraction of sp³-hybridized carbons (Fsp3) is 0.684. The number of pyridine rings is 1. The SMILES string of the molecule is COC(=O)CCCO[C@H]1C[C@H](CCc2ccc3c(n2)NCCC3)C1. The van der Waals surface area contributed by atoms with Crippen LogP contribution in [0, 0.1) is 5.92 Å². The molecule has 132 valence electrons. The van der Waals surface area contributed by atoms with Gasteiger partial charge in [-0.3, -0.25) is 4.79 Å². The Morgan fingerprint density at radius 1 is 1.38 bits per heavy atom. The van der Waals surface area contributed by atoms with Crippen molar-refractivity contribution < 1.29 is 14.3 Å². The highest BCUT2D eigenvalue weighted by Crippen LogP contribution is 2.34. The first-order valence-corrected chi connectivity index (χ1v) is 9.15. The lowest BCUT2D eigenvalue weighted by Gasteiger charge is -2.35. The molecule has 5 nitrogen and oxygen atoms in total. The van der Waals surface area contributed by atoms with Gasteiger partial charge in [-0.15, -0.1) is 0 Å². The van der Waals surface area contributed by atoms with Crippen LogP contribution < -0.4 is 5.32 Å². The van der Waals surface area contributed by atoms with Crippen molar-refractivity contribution in [1.29, 1.82) is 0 Å². The first-order chi connectivity index (χ1) is 11.7. The number of hydrogen-bond donors (Lipinski definition) is 1. The lowest BCUT2D eigenvalue weighted by atomic mass is 9.79. The highest BCUT2D eigenvalue weighted by molar-refractivity contribution is 5.68. The zero-order valence-electron chi connectivity index (χ0n) is 14.6. The Kier molecular flexibility index (Phi) is 6.07. The fourth-order valence-electron chi connectivity index (χ4n) is 3.47. The number of carbonyl (C=O) groups is 1. The van der Waals surface area contributed by atoms with Gasteiger partial charge >= 0.3 is 5.97 Å². The predicted octanol–water partition coefficient (Wildman–Crippen LogP) is 3.12. The molecule has 1 aromatic heterocycles. The van der Waals surface area contributed by atoms with Gasteiger partial charge in [0.1, 0.15) is 5.82 Å². The van der Waals surface area contributed by atoms with E-state index >= 15 is 0 Å². The molecule has 0 radical (unpaired) electrons. The summed E-state index contributed by atoms with van der Waals surface area (Å²) >= 11 is 0. The summed E-state index contributed by atoms with van der Waals surface area (Å²) in [6.45, 7) is 1.70. The Labute approximate surface area is 144 Å². The van der Waals surface area contributed by atoms with Crippen LogP contribution in [-0.4, -0.2) is 37.3 Å². The van der Waals surface area contributed by atoms with E-state index in [-0.39, 0.29) is 5.97 Å². The second-order valence-electron chi connectivity index (χ2n) is 6.89. The van der Waals surface area contributed by atoms with E-state index in [1.807, 2.05) is 0 Å². The summed E-state index contributed by atoms with van der Waals surface area (Å²) in [5.41, 5.74) is 2.56. The second kappa shape index (κ2) is 8.47. The Bertz CT molecular complexity index is 556. The zero-order valence-corrected chi connectivity index (χ0v) is 14.6. The van der Waals surface area contributed by atoms with Gasteiger partial charge in [-0.1, -0.05) is 6.07 Å². The quantitative estimate of drug-likeness (QED) is 0.585. The molecule has 0 bridgehead atoms. The van der Waals surface area contributed by atoms with Crippen LogP contribution in [0.15, 0.2) is 12.1 Å². The number of fused-ring (bicyclic) bond motifs is 1. The van der Waals surface area contributed by atoms with E-state index in [4.69, 9.17) is 9.72 Å². The van der Waals surface area contributed by atoms with Crippen LogP contribution in [0.2, 0.25) is 0 Å². The molecule has 0 amide bonds. The van der Waals surface area contributed by atoms with E-state index in [1.165, 1.54) is 31.2 Å². The normalized spacial score (nSPS) is 22.2. The molecule has 1 saturated carbocycles. The van der Waals surface area contributed by atoms with Gasteiger partial charge < -0.3 is 14.8 Å². The van der Waals surface area contributed by atoms with E-state index < -0.39 is 0 Å². The molecule has 2 aliphatic rings. The molecule has 1 N–H and O–H groups in total. The summed E-state index contributed by atoms with van der Waals surface area (Å²) in [6, 6.07) is 4.42. The largest absolute Gasteiger partial charge is 0.469 e. The average Bonchev–Trinajstić information content (AvgIpc) is 2.58. The summed E-state index contributed by atoms with van der Waals surface area (Å²) in [5.74, 6) is 1.69. The van der Waals surface area contributed by atoms with Crippen LogP contribution in [0.3, 0.4) is 0 Å². The maximum Gasteiger partial charge on any atom is 0.305 e. The molecule has 2 heterocycles. The molecule has 0 atom stereocenters. The van der Waals surface area contributed by atoms with E-state index in [2.05, 4.69) is 22.2 Å². The Balaban J connectivity index is 1.30. The molecule has 5 heteroatoms. The molecule has 0 spiro atoms. The number of anilines is 1. The van der Waals surface area contributed by atoms with Crippen LogP contribution in [0.1, 0.15) is 49.8 Å². The van der Waals surface area contributed by atoms with Crippen molar-refractivity contribution in [3.8, 4) is 0 Å². The molecular formula is C19H28N2O3. The summed E-state index contributed by atoms with van der Waals surface area (Å²) in [6.07, 6.45) is 8.45. The second-order valence-corrected chi connectivity index (χ2v) is 6.89. The third kappa shape index (κ3) is 4.69. The highest BCUT2D eigenvalue weighted by Gasteiger charge is 2.29. The van der Waals surface area contributed by atoms with Crippen LogP contribution >= 0.6 is 0 Å². The number of rotatable bonds is 8. The first-order valence-electron chi connectivity index (χ1n) is 9.15. The van der Waals surface area contributed by atoms with Gasteiger partial charge in [-0.25, -0.2) is 4.98 Å². The van der Waals surface area contributed by atoms with Crippen molar-refractivity contribution in [2.45, 2.75) is 57.5 Å². The minimum Gasteiger partial charge on any atom is -0.469 e. The van der Waals surface area contributed by atoms with Gasteiger partial charge in [0.05, 0.1) is 13.2 Å². The van der Waals surface area contributed by atoms with E-state index in [0.717, 1.165) is 50.4 Å². The summed E-state index contributed by atoms with van der Waals surface area (Å²) < 4.78 is 10.4. The highest BCUT2D eigenvalue weighted by atomic mass is 16.5. The average molecular weight is 332 g/mol. The lowest BCUT2D eigenvalue weighted by Crippen LogP contribution is -2.32. The minimum absolute atomic E-state index is 0.155. The van der Waals surface area contributed by atoms with E-state index in [1.54, 1.807) is 0 Å². The number of nitrogens with one attached hydrogen (secondary N) is 1. The minimum atomic E-state index is -0.155. The number of carbonyl (C=O) groups excluding carboxylic acids is 1. The molecule has 0 unspecified atom stereocenters. The molecule has 1 aliphatic carbocycles. The number of aromatic nitrogens is 1. The molecule has 1 aromatic rings. The molecule has 0 saturated heterocycles. The smallest absolute Gasteiger partial charge is 0.305 e. The van der Waals surface area contributed by atoms with Gasteiger partial charge in [0.15, 0.2) is 0 Å². The van der Waals surface area contributed by atoms with Crippen molar-refractivity contribution in [2.24, 2.45) is 5.92 Å². The van der Waals surface area contributed by atoms with Gasteiger partial charge in [0, 0.05) is 25.3 Å². The third-order valence-corrected chi connectivity index (χ3v) is 5.06. The summed E-state index contributed by atoms with van der Waals surface area (Å²) in [7, 11) is 1.42. The van der Waals surface area contributed by atoms with Gasteiger partial charge in [0.25, 0.3) is 0 Å². The lowest BCUT2D eigenvalue weighted by molar-refractivity contribution is -0.141. The van der Waals surface area contributed by atoms with E-state index in [0.29, 0.717) is 19.1 Å². The molecule has 1 aliphatic heterocycles. The van der Waals surface area contributed by atoms with Crippen LogP contribution in [0.5, 0.6) is 0 Å². The van der Waals surface area contributed by atoms with Gasteiger partial charge in [-0.05, 0) is 62.5 Å². The Hall–Kier alpha value is -1.62. The van der Waals surface area contributed by atoms with Crippen LogP contribution in [-0.2, 0) is 27.1 Å². The number of hydrogen-bond acceptors (Lipinski definition) is 5. The monoisotopic (exact) mass is 332 g/mol. The van der Waals surface area contributed by atoms with Crippen molar-refractivity contribution in [3.05, 3.63) is 23.4 Å². The van der Waals surface area contributed by atoms with Crippen LogP contribution in [0.25, 0.3) is 0 Å². The zero-order chi connectivity index (χ0) is 16.8. The van der Waals surface area contributed by atoms with Crippen molar-refractivity contribution in [1.82, 2.24) is 4.98 Å². The first kappa shape index (κ1) is 17.2. The molecule has 3 rings (SSSR count). The number of aryl methyl sites for hydroxylation is 2. The van der Waals surface area contributed by atoms with Gasteiger partial charge in [0.2, 0.25) is 0 Å². The summed E-state index contributed by atoms with van der Waals surface area (Å²) in [5, 5.41) is 3.40. The molecule has 1 fully saturated rings. The number of methoxy groups -OCH3 is 1. The Morgan fingerprint density at radius 2 is 2.25 bits per heavy atom. The van der Waals surface area contributed by atoms with Crippen molar-refractivity contribution >= 4 is 11.8 Å². The van der Waals surface area contributed by atoms with Crippen molar-refractivity contribution in [3.63, 3.8) is 0 Å². The maximum absolute atomic E-state index is 11.0. The standard InChI is InChI=1S/C19H28N2O3/c1-23-18(22)5-3-11-24-17-12-14(13-17)6-8-16-9-7-15-4-2-10-20-19(15)21-16/h7,9,14,17H,2-6,8,10-13H2,1H3,(H,20,21)/t14-,17-. The van der Waals surface area contributed by atoms with Crippen molar-refractivity contribution in [2.75, 3.05) is 25.6 Å². The van der Waals surface area contributed by atoms with Gasteiger partial charge in [-0.2, -0.15) is 0 Å². The third-order valence-electron chi connectivity index (χ3n) is 5.06. The fourth-order valence-corrected chi connectivity index (χ4v) is 3.47. The molecule has 24 heavy (non-hydrogen) atoms. The number of nitrogens with zero attached hydrogens (tertiary/aromatic N) is 1. The molecule has 0 aromatic carbocycles. The maximum atomic E-state index is 11.0.